The Hall–Kier alpha value is -2.65. The fourth-order valence-electron chi connectivity index (χ4n) is 1.93. The Morgan fingerprint density at radius 3 is 2.10 bits per heavy atom. The molecule has 2 rings (SSSR count). The van der Waals surface area contributed by atoms with E-state index >= 15 is 0 Å². The highest BCUT2D eigenvalue weighted by molar-refractivity contribution is 5.61. The number of aromatic nitrogens is 3. The fraction of sp³-hybridized carbons (Fsp3) is 0.500. The summed E-state index contributed by atoms with van der Waals surface area (Å²) in [5, 5.41) is 11.2. The van der Waals surface area contributed by atoms with Crippen LogP contribution in [0.4, 0.5) is 0 Å². The van der Waals surface area contributed by atoms with E-state index in [9.17, 15) is 10.1 Å². The smallest absolute Gasteiger partial charge is 0.347 e. The lowest BCUT2D eigenvalue weighted by molar-refractivity contribution is -0.442. The lowest BCUT2D eigenvalue weighted by Gasteiger charge is -2.11. The molecule has 0 atom stereocenters. The van der Waals surface area contributed by atoms with Crippen LogP contribution in [0.15, 0.2) is 5.82 Å². The van der Waals surface area contributed by atoms with Crippen LogP contribution in [0.5, 0.6) is 12.0 Å². The molecule has 1 aliphatic heterocycles. The number of rotatable bonds is 4. The van der Waals surface area contributed by atoms with Gasteiger partial charge in [-0.05, 0) is 4.92 Å². The van der Waals surface area contributed by atoms with Crippen molar-refractivity contribution in [2.24, 2.45) is 0 Å². The van der Waals surface area contributed by atoms with Crippen molar-refractivity contribution in [1.29, 1.82) is 0 Å². The maximum atomic E-state index is 11.2. The fourth-order valence-corrected chi connectivity index (χ4v) is 1.93. The molecule has 10 nitrogen and oxygen atoms in total. The highest BCUT2D eigenvalue weighted by Gasteiger charge is 2.37. The van der Waals surface area contributed by atoms with E-state index in [0.717, 1.165) is 0 Å². The van der Waals surface area contributed by atoms with Crippen LogP contribution >= 0.6 is 0 Å². The summed E-state index contributed by atoms with van der Waals surface area (Å²) in [6, 6.07) is 0.0648. The second kappa shape index (κ2) is 5.15. The molecule has 0 saturated carbocycles. The molecule has 0 amide bonds. The van der Waals surface area contributed by atoms with E-state index in [1.807, 2.05) is 0 Å². The van der Waals surface area contributed by atoms with Crippen molar-refractivity contribution in [2.75, 3.05) is 35.0 Å². The number of nitro groups is 1. The summed E-state index contributed by atoms with van der Waals surface area (Å²) in [5.74, 6) is 0.0510. The van der Waals surface area contributed by atoms with Gasteiger partial charge in [0, 0.05) is 7.05 Å². The minimum Gasteiger partial charge on any atom is -0.467 e. The van der Waals surface area contributed by atoms with Gasteiger partial charge in [-0.2, -0.15) is 9.97 Å². The second-order valence-corrected chi connectivity index (χ2v) is 4.10. The van der Waals surface area contributed by atoms with Crippen molar-refractivity contribution >= 4 is 5.70 Å². The van der Waals surface area contributed by atoms with Gasteiger partial charge < -0.3 is 24.5 Å². The number of ether oxygens (including phenoxy) is 2. The zero-order chi connectivity index (χ0) is 14.9. The number of methoxy groups -OCH3 is 2. The molecule has 20 heavy (non-hydrogen) atoms. The normalized spacial score (nSPS) is 14.8. The molecule has 1 aromatic heterocycles. The topological polar surface area (TPSA) is 107 Å². The molecule has 0 radical (unpaired) electrons. The maximum absolute atomic E-state index is 11.2. The molecule has 0 saturated heterocycles. The monoisotopic (exact) mass is 282 g/mol. The SMILES string of the molecule is COc1nc(OC)nc(C2=C([N+](=O)[O-])N(C)CN2C)n1. The van der Waals surface area contributed by atoms with Gasteiger partial charge in [0.25, 0.3) is 0 Å². The number of hydrogen-bond donors (Lipinski definition) is 0. The Kier molecular flexibility index (Phi) is 3.55. The maximum Gasteiger partial charge on any atom is 0.347 e. The van der Waals surface area contributed by atoms with Crippen LogP contribution < -0.4 is 9.47 Å². The summed E-state index contributed by atoms with van der Waals surface area (Å²) >= 11 is 0. The first-order chi connectivity index (χ1) is 9.47. The van der Waals surface area contributed by atoms with Crippen LogP contribution in [-0.4, -0.2) is 64.7 Å². The lowest BCUT2D eigenvalue weighted by Crippen LogP contribution is -2.23. The van der Waals surface area contributed by atoms with Crippen LogP contribution in [0.3, 0.4) is 0 Å². The summed E-state index contributed by atoms with van der Waals surface area (Å²) in [7, 11) is 6.13. The van der Waals surface area contributed by atoms with Crippen LogP contribution in [0.1, 0.15) is 5.82 Å². The molecule has 1 aromatic rings. The summed E-state index contributed by atoms with van der Waals surface area (Å²) in [5.41, 5.74) is 0.288. The van der Waals surface area contributed by atoms with Gasteiger partial charge >= 0.3 is 17.8 Å². The van der Waals surface area contributed by atoms with Crippen LogP contribution in [-0.2, 0) is 0 Å². The highest BCUT2D eigenvalue weighted by Crippen LogP contribution is 2.29. The van der Waals surface area contributed by atoms with Crippen molar-refractivity contribution in [3.05, 3.63) is 21.8 Å². The van der Waals surface area contributed by atoms with Gasteiger partial charge in [0.05, 0.1) is 21.3 Å². The molecule has 0 unspecified atom stereocenters. The molecule has 1 aliphatic rings. The minimum atomic E-state index is -0.471. The Morgan fingerprint density at radius 1 is 1.10 bits per heavy atom. The van der Waals surface area contributed by atoms with Crippen molar-refractivity contribution < 1.29 is 14.4 Å². The highest BCUT2D eigenvalue weighted by atomic mass is 16.6. The number of nitrogens with zero attached hydrogens (tertiary/aromatic N) is 6. The van der Waals surface area contributed by atoms with Gasteiger partial charge in [-0.25, -0.2) is 4.90 Å². The molecular weight excluding hydrogens is 268 g/mol. The van der Waals surface area contributed by atoms with Crippen molar-refractivity contribution in [2.45, 2.75) is 0 Å². The van der Waals surface area contributed by atoms with E-state index in [1.54, 1.807) is 19.0 Å². The standard InChI is InChI=1S/C10H14N6O4/c1-14-5-15(2)8(16(17)18)6(14)7-11-9(19-3)13-10(12-7)20-4/h5H2,1-4H3. The number of hydrogen-bond acceptors (Lipinski definition) is 9. The average molecular weight is 282 g/mol. The molecule has 0 spiro atoms. The first kappa shape index (κ1) is 13.8. The molecule has 10 heteroatoms. The van der Waals surface area contributed by atoms with Crippen molar-refractivity contribution in [3.8, 4) is 12.0 Å². The molecule has 0 bridgehead atoms. The van der Waals surface area contributed by atoms with E-state index in [0.29, 0.717) is 6.67 Å². The third-order valence-corrected chi connectivity index (χ3v) is 2.72. The van der Waals surface area contributed by atoms with Gasteiger partial charge in [0.15, 0.2) is 18.2 Å². The van der Waals surface area contributed by atoms with E-state index in [2.05, 4.69) is 15.0 Å². The van der Waals surface area contributed by atoms with E-state index in [-0.39, 0.29) is 29.4 Å². The summed E-state index contributed by atoms with van der Waals surface area (Å²) in [6.45, 7) is 0.363. The zero-order valence-electron chi connectivity index (χ0n) is 11.5. The molecule has 0 N–H and O–H groups in total. The van der Waals surface area contributed by atoms with Crippen LogP contribution in [0.2, 0.25) is 0 Å². The first-order valence-electron chi connectivity index (χ1n) is 5.63. The van der Waals surface area contributed by atoms with Gasteiger partial charge in [0.2, 0.25) is 0 Å². The van der Waals surface area contributed by atoms with Crippen molar-refractivity contribution in [3.63, 3.8) is 0 Å². The Morgan fingerprint density at radius 2 is 1.65 bits per heavy atom. The zero-order valence-corrected chi connectivity index (χ0v) is 11.5. The van der Waals surface area contributed by atoms with E-state index in [4.69, 9.17) is 9.47 Å². The van der Waals surface area contributed by atoms with Crippen LogP contribution in [0, 0.1) is 10.1 Å². The summed E-state index contributed by atoms with van der Waals surface area (Å²) in [6.07, 6.45) is 0. The van der Waals surface area contributed by atoms with E-state index in [1.165, 1.54) is 19.1 Å². The summed E-state index contributed by atoms with van der Waals surface area (Å²) in [4.78, 5) is 25.8. The van der Waals surface area contributed by atoms with Crippen LogP contribution in [0.25, 0.3) is 5.70 Å². The Balaban J connectivity index is 2.61. The molecule has 108 valence electrons. The second-order valence-electron chi connectivity index (χ2n) is 4.10. The predicted octanol–water partition coefficient (Wildman–Crippen LogP) is -0.374. The molecule has 0 aliphatic carbocycles. The quantitative estimate of drug-likeness (QED) is 0.539. The predicted molar refractivity (Wildman–Crippen MR) is 67.2 cm³/mol. The van der Waals surface area contributed by atoms with Crippen molar-refractivity contribution in [1.82, 2.24) is 24.8 Å². The summed E-state index contributed by atoms with van der Waals surface area (Å²) < 4.78 is 9.90. The van der Waals surface area contributed by atoms with Gasteiger partial charge in [-0.3, -0.25) is 0 Å². The Labute approximate surface area is 114 Å². The van der Waals surface area contributed by atoms with Gasteiger partial charge in [-0.15, -0.1) is 4.98 Å². The average Bonchev–Trinajstić information content (AvgIpc) is 2.72. The lowest BCUT2D eigenvalue weighted by atomic mass is 10.4. The van der Waals surface area contributed by atoms with Gasteiger partial charge in [-0.1, -0.05) is 0 Å². The van der Waals surface area contributed by atoms with Gasteiger partial charge in [0.1, 0.15) is 0 Å². The third-order valence-electron chi connectivity index (χ3n) is 2.72. The first-order valence-corrected chi connectivity index (χ1v) is 5.63. The Bertz CT molecular complexity index is 553. The largest absolute Gasteiger partial charge is 0.467 e. The third kappa shape index (κ3) is 2.27. The van der Waals surface area contributed by atoms with E-state index < -0.39 is 4.92 Å². The molecule has 0 fully saturated rings. The molecular formula is C10H14N6O4. The minimum absolute atomic E-state index is 0.0324. The molecule has 0 aromatic carbocycles. The molecule has 2 heterocycles.